The van der Waals surface area contributed by atoms with Gasteiger partial charge in [-0.05, 0) is 17.7 Å². The predicted octanol–water partition coefficient (Wildman–Crippen LogP) is 1.71. The molecule has 0 radical (unpaired) electrons. The summed E-state index contributed by atoms with van der Waals surface area (Å²) in [4.78, 5) is 14.4. The van der Waals surface area contributed by atoms with Crippen molar-refractivity contribution in [2.75, 3.05) is 66.0 Å². The average Bonchev–Trinajstić information content (AvgIpc) is 3.35. The number of rotatable bonds is 7. The van der Waals surface area contributed by atoms with E-state index >= 15 is 0 Å². The summed E-state index contributed by atoms with van der Waals surface area (Å²) in [6.45, 7) is 14.6. The Morgan fingerprint density at radius 3 is 2.22 bits per heavy atom. The normalized spacial score (nSPS) is 19.4. The third-order valence-electron chi connectivity index (χ3n) is 6.62. The molecule has 0 aliphatic carbocycles. The Kier molecular flexibility index (Phi) is 8.14. The highest BCUT2D eigenvalue weighted by Crippen LogP contribution is 2.14. The van der Waals surface area contributed by atoms with Gasteiger partial charge in [0.2, 0.25) is 0 Å². The van der Waals surface area contributed by atoms with Crippen molar-refractivity contribution in [2.24, 2.45) is 4.99 Å². The van der Waals surface area contributed by atoms with E-state index in [1.165, 1.54) is 24.2 Å². The van der Waals surface area contributed by atoms with Crippen LogP contribution in [-0.4, -0.2) is 96.7 Å². The molecule has 2 saturated heterocycles. The minimum atomic E-state index is 0.803. The average molecular weight is 440 g/mol. The van der Waals surface area contributed by atoms with Crippen LogP contribution in [0.1, 0.15) is 23.7 Å². The van der Waals surface area contributed by atoms with Crippen LogP contribution in [0.3, 0.4) is 0 Å². The lowest BCUT2D eigenvalue weighted by Gasteiger charge is -2.36. The van der Waals surface area contributed by atoms with Crippen LogP contribution in [0.4, 0.5) is 0 Å². The molecule has 2 aromatic rings. The fourth-order valence-electron chi connectivity index (χ4n) is 4.56. The topological polar surface area (TPSA) is 63.4 Å². The van der Waals surface area contributed by atoms with E-state index in [9.17, 15) is 0 Å². The van der Waals surface area contributed by atoms with Crippen molar-refractivity contribution >= 4 is 5.96 Å². The molecule has 8 heteroatoms. The van der Waals surface area contributed by atoms with Gasteiger partial charge in [0, 0.05) is 85.1 Å². The molecule has 2 aliphatic rings. The molecule has 1 N–H and O–H groups in total. The summed E-state index contributed by atoms with van der Waals surface area (Å²) in [7, 11) is 1.88. The van der Waals surface area contributed by atoms with E-state index in [1.807, 2.05) is 13.1 Å². The van der Waals surface area contributed by atoms with E-state index in [1.54, 1.807) is 6.26 Å². The first-order valence-corrected chi connectivity index (χ1v) is 11.8. The van der Waals surface area contributed by atoms with Gasteiger partial charge in [-0.25, -0.2) is 0 Å². The number of guanidine groups is 1. The van der Waals surface area contributed by atoms with E-state index < -0.39 is 0 Å². The molecule has 174 valence electrons. The number of nitrogens with zero attached hydrogens (tertiary/aromatic N) is 6. The maximum absolute atomic E-state index is 4.95. The number of hydrogen-bond donors (Lipinski definition) is 1. The Hall–Kier alpha value is -2.42. The fraction of sp³-hybridized carbons (Fsp3) is 0.583. The van der Waals surface area contributed by atoms with Crippen LogP contribution < -0.4 is 5.32 Å². The highest BCUT2D eigenvalue weighted by atomic mass is 16.5. The predicted molar refractivity (Wildman–Crippen MR) is 127 cm³/mol. The summed E-state index contributed by atoms with van der Waals surface area (Å²) in [5, 5.41) is 7.64. The minimum absolute atomic E-state index is 0.803. The second kappa shape index (κ2) is 11.4. The van der Waals surface area contributed by atoms with E-state index in [0.29, 0.717) is 0 Å². The molecular formula is C24H37N7O. The molecule has 0 saturated carbocycles. The van der Waals surface area contributed by atoms with Gasteiger partial charge in [0.15, 0.2) is 5.96 Å². The minimum Gasteiger partial charge on any atom is -0.364 e. The van der Waals surface area contributed by atoms with Crippen molar-refractivity contribution in [1.82, 2.24) is 30.1 Å². The van der Waals surface area contributed by atoms with Gasteiger partial charge in [0.25, 0.3) is 0 Å². The van der Waals surface area contributed by atoms with Gasteiger partial charge in [0.1, 0.15) is 6.26 Å². The van der Waals surface area contributed by atoms with Crippen LogP contribution in [0.5, 0.6) is 0 Å². The van der Waals surface area contributed by atoms with E-state index in [2.05, 4.69) is 66.3 Å². The van der Waals surface area contributed by atoms with Crippen molar-refractivity contribution in [3.63, 3.8) is 0 Å². The molecule has 4 rings (SSSR count). The van der Waals surface area contributed by atoms with Gasteiger partial charge in [-0.3, -0.25) is 14.8 Å². The monoisotopic (exact) mass is 439 g/mol. The number of likely N-dealkylation sites (N-methyl/N-ethyl adjacent to an activating group) is 1. The fourth-order valence-corrected chi connectivity index (χ4v) is 4.56. The number of aromatic nitrogens is 1. The number of piperazine rings is 2. The molecule has 2 fully saturated rings. The number of aliphatic imine (C=N–C) groups is 1. The zero-order valence-electron chi connectivity index (χ0n) is 19.5. The summed E-state index contributed by atoms with van der Waals surface area (Å²) >= 11 is 0. The molecular weight excluding hydrogens is 402 g/mol. The number of nitrogens with one attached hydrogen (secondary N) is 1. The number of hydrogen-bond acceptors (Lipinski definition) is 6. The third kappa shape index (κ3) is 6.09. The quantitative estimate of drug-likeness (QED) is 0.520. The first kappa shape index (κ1) is 22.8. The molecule has 0 spiro atoms. The third-order valence-corrected chi connectivity index (χ3v) is 6.62. The molecule has 0 bridgehead atoms. The Morgan fingerprint density at radius 1 is 0.906 bits per heavy atom. The zero-order chi connectivity index (χ0) is 22.2. The standard InChI is InChI=1S/C24H37N7O/c1-3-28-9-11-29(12-10-28)19-22-7-5-4-6-21(22)18-26-24(25-2)31-15-13-30(14-16-31)20-23-8-17-32-27-23/h4-8,17H,3,9-16,18-20H2,1-2H3,(H,25,26). The highest BCUT2D eigenvalue weighted by Gasteiger charge is 2.21. The summed E-state index contributed by atoms with van der Waals surface area (Å²) in [6.07, 6.45) is 1.64. The Balaban J connectivity index is 1.27. The van der Waals surface area contributed by atoms with Crippen LogP contribution >= 0.6 is 0 Å². The Bertz CT molecular complexity index is 838. The van der Waals surface area contributed by atoms with Crippen molar-refractivity contribution in [2.45, 2.75) is 26.6 Å². The molecule has 32 heavy (non-hydrogen) atoms. The SMILES string of the molecule is CCN1CCN(Cc2ccccc2CNC(=NC)N2CCN(Cc3ccon3)CC2)CC1. The lowest BCUT2D eigenvalue weighted by atomic mass is 10.1. The smallest absolute Gasteiger partial charge is 0.194 e. The molecule has 0 atom stereocenters. The molecule has 2 aliphatic heterocycles. The molecule has 3 heterocycles. The van der Waals surface area contributed by atoms with Gasteiger partial charge < -0.3 is 19.6 Å². The lowest BCUT2D eigenvalue weighted by Crippen LogP contribution is -2.52. The van der Waals surface area contributed by atoms with Crippen LogP contribution in [0, 0.1) is 0 Å². The second-order valence-electron chi connectivity index (χ2n) is 8.63. The second-order valence-corrected chi connectivity index (χ2v) is 8.63. The first-order valence-electron chi connectivity index (χ1n) is 11.8. The summed E-state index contributed by atoms with van der Waals surface area (Å²) < 4.78 is 4.95. The van der Waals surface area contributed by atoms with Gasteiger partial charge in [0.05, 0.1) is 5.69 Å². The maximum atomic E-state index is 4.95. The Morgan fingerprint density at radius 2 is 1.56 bits per heavy atom. The van der Waals surface area contributed by atoms with Gasteiger partial charge in [-0.2, -0.15) is 0 Å². The van der Waals surface area contributed by atoms with E-state index in [0.717, 1.165) is 77.1 Å². The summed E-state index contributed by atoms with van der Waals surface area (Å²) in [5.74, 6) is 0.984. The molecule has 1 aromatic heterocycles. The van der Waals surface area contributed by atoms with Crippen molar-refractivity contribution in [3.8, 4) is 0 Å². The molecule has 0 amide bonds. The van der Waals surface area contributed by atoms with Crippen molar-refractivity contribution in [1.29, 1.82) is 0 Å². The van der Waals surface area contributed by atoms with Gasteiger partial charge in [-0.15, -0.1) is 0 Å². The lowest BCUT2D eigenvalue weighted by molar-refractivity contribution is 0.131. The van der Waals surface area contributed by atoms with E-state index in [4.69, 9.17) is 4.52 Å². The van der Waals surface area contributed by atoms with Crippen molar-refractivity contribution in [3.05, 3.63) is 53.4 Å². The van der Waals surface area contributed by atoms with Gasteiger partial charge in [-0.1, -0.05) is 36.3 Å². The Labute approximate surface area is 191 Å². The van der Waals surface area contributed by atoms with Crippen molar-refractivity contribution < 1.29 is 4.52 Å². The molecule has 8 nitrogen and oxygen atoms in total. The zero-order valence-corrected chi connectivity index (χ0v) is 19.5. The van der Waals surface area contributed by atoms with Crippen LogP contribution in [0.25, 0.3) is 0 Å². The summed E-state index contributed by atoms with van der Waals surface area (Å²) in [6, 6.07) is 10.8. The number of benzene rings is 1. The first-order chi connectivity index (χ1) is 15.7. The van der Waals surface area contributed by atoms with Gasteiger partial charge >= 0.3 is 0 Å². The maximum Gasteiger partial charge on any atom is 0.194 e. The molecule has 1 aromatic carbocycles. The molecule has 0 unspecified atom stereocenters. The van der Waals surface area contributed by atoms with Crippen LogP contribution in [0.15, 0.2) is 46.1 Å². The van der Waals surface area contributed by atoms with E-state index in [-0.39, 0.29) is 0 Å². The highest BCUT2D eigenvalue weighted by molar-refractivity contribution is 5.80. The van der Waals surface area contributed by atoms with Crippen LogP contribution in [-0.2, 0) is 19.6 Å². The van der Waals surface area contributed by atoms with Crippen LogP contribution in [0.2, 0.25) is 0 Å². The summed E-state index contributed by atoms with van der Waals surface area (Å²) in [5.41, 5.74) is 3.77. The largest absolute Gasteiger partial charge is 0.364 e.